The summed E-state index contributed by atoms with van der Waals surface area (Å²) in [5.74, 6) is 0.199. The van der Waals surface area contributed by atoms with Crippen LogP contribution in [0.1, 0.15) is 27.7 Å². The second-order valence-corrected chi connectivity index (χ2v) is 4.62. The lowest BCUT2D eigenvalue weighted by molar-refractivity contribution is -0.278. The molecule has 1 heterocycles. The van der Waals surface area contributed by atoms with Crippen molar-refractivity contribution in [2.45, 2.75) is 52.3 Å². The van der Waals surface area contributed by atoms with Crippen LogP contribution in [0.5, 0.6) is 0 Å². The predicted molar refractivity (Wildman–Crippen MR) is 56.3 cm³/mol. The van der Waals surface area contributed by atoms with Crippen LogP contribution in [0.15, 0.2) is 0 Å². The van der Waals surface area contributed by atoms with Crippen LogP contribution in [-0.4, -0.2) is 41.4 Å². The van der Waals surface area contributed by atoms with Crippen LogP contribution in [0.3, 0.4) is 0 Å². The predicted octanol–water partition coefficient (Wildman–Crippen LogP) is 0.762. The van der Waals surface area contributed by atoms with Gasteiger partial charge in [0.05, 0.1) is 18.8 Å². The fourth-order valence-electron chi connectivity index (χ4n) is 1.85. The Balaban J connectivity index is 2.65. The highest BCUT2D eigenvalue weighted by molar-refractivity contribution is 4.84. The molecule has 4 nitrogen and oxygen atoms in total. The number of aliphatic hydroxyl groups is 2. The summed E-state index contributed by atoms with van der Waals surface area (Å²) in [7, 11) is 0. The van der Waals surface area contributed by atoms with Crippen LogP contribution < -0.4 is 0 Å². The number of hydrogen-bond acceptors (Lipinski definition) is 4. The van der Waals surface area contributed by atoms with Crippen LogP contribution in [0.4, 0.5) is 0 Å². The molecule has 1 saturated heterocycles. The van der Waals surface area contributed by atoms with Gasteiger partial charge in [0.15, 0.2) is 6.29 Å². The van der Waals surface area contributed by atoms with Crippen LogP contribution in [0, 0.1) is 11.8 Å². The van der Waals surface area contributed by atoms with Crippen molar-refractivity contribution in [3.05, 3.63) is 0 Å². The highest BCUT2D eigenvalue weighted by atomic mass is 16.7. The van der Waals surface area contributed by atoms with Gasteiger partial charge < -0.3 is 19.7 Å². The van der Waals surface area contributed by atoms with E-state index in [1.54, 1.807) is 0 Å². The minimum absolute atomic E-state index is 0.0691. The second kappa shape index (κ2) is 5.25. The van der Waals surface area contributed by atoms with Crippen LogP contribution in [0.2, 0.25) is 0 Å². The van der Waals surface area contributed by atoms with Crippen molar-refractivity contribution in [3.8, 4) is 0 Å². The first-order valence-electron chi connectivity index (χ1n) is 5.57. The Morgan fingerprint density at radius 1 is 1.27 bits per heavy atom. The molecule has 0 aromatic heterocycles. The van der Waals surface area contributed by atoms with Gasteiger partial charge in [-0.15, -0.1) is 0 Å². The smallest absolute Gasteiger partial charge is 0.161 e. The van der Waals surface area contributed by atoms with E-state index in [-0.39, 0.29) is 30.8 Å². The van der Waals surface area contributed by atoms with E-state index in [1.807, 2.05) is 27.7 Å². The van der Waals surface area contributed by atoms with Crippen molar-refractivity contribution in [3.63, 3.8) is 0 Å². The van der Waals surface area contributed by atoms with Crippen molar-refractivity contribution in [1.82, 2.24) is 0 Å². The Bertz CT molecular complexity index is 193. The molecular formula is C11H22O4. The minimum Gasteiger partial charge on any atom is -0.394 e. The molecule has 0 bridgehead atoms. The quantitative estimate of drug-likeness (QED) is 0.734. The summed E-state index contributed by atoms with van der Waals surface area (Å²) in [5.41, 5.74) is 0. The molecule has 5 atom stereocenters. The lowest BCUT2D eigenvalue weighted by atomic mass is 9.85. The van der Waals surface area contributed by atoms with Gasteiger partial charge in [0.2, 0.25) is 0 Å². The summed E-state index contributed by atoms with van der Waals surface area (Å²) in [6.45, 7) is 7.67. The molecule has 0 amide bonds. The molecule has 0 aliphatic carbocycles. The zero-order valence-electron chi connectivity index (χ0n) is 9.88. The third kappa shape index (κ3) is 2.91. The topological polar surface area (TPSA) is 58.9 Å². The zero-order chi connectivity index (χ0) is 11.6. The summed E-state index contributed by atoms with van der Waals surface area (Å²) in [6.07, 6.45) is -1.39. The molecule has 1 aliphatic rings. The number of ether oxygens (including phenoxy) is 2. The van der Waals surface area contributed by atoms with Gasteiger partial charge in [-0.2, -0.15) is 0 Å². The van der Waals surface area contributed by atoms with E-state index in [0.29, 0.717) is 0 Å². The summed E-state index contributed by atoms with van der Waals surface area (Å²) in [6, 6.07) is 0. The number of aliphatic hydroxyl groups excluding tert-OH is 2. The van der Waals surface area contributed by atoms with Crippen molar-refractivity contribution in [1.29, 1.82) is 0 Å². The van der Waals surface area contributed by atoms with Crippen LogP contribution in [-0.2, 0) is 9.47 Å². The van der Waals surface area contributed by atoms with Gasteiger partial charge >= 0.3 is 0 Å². The second-order valence-electron chi connectivity index (χ2n) is 4.62. The van der Waals surface area contributed by atoms with E-state index >= 15 is 0 Å². The lowest BCUT2D eigenvalue weighted by Gasteiger charge is -2.42. The average Bonchev–Trinajstić information content (AvgIpc) is 2.18. The van der Waals surface area contributed by atoms with Gasteiger partial charge in [0, 0.05) is 5.92 Å². The maximum Gasteiger partial charge on any atom is 0.161 e. The van der Waals surface area contributed by atoms with Gasteiger partial charge in [-0.1, -0.05) is 13.8 Å². The molecule has 0 aromatic carbocycles. The molecule has 90 valence electrons. The fraction of sp³-hybridized carbons (Fsp3) is 1.00. The van der Waals surface area contributed by atoms with Gasteiger partial charge in [-0.25, -0.2) is 0 Å². The minimum atomic E-state index is -0.614. The van der Waals surface area contributed by atoms with Gasteiger partial charge in [-0.05, 0) is 19.8 Å². The molecule has 4 heteroatoms. The van der Waals surface area contributed by atoms with E-state index in [0.717, 1.165) is 0 Å². The molecule has 1 fully saturated rings. The first-order valence-corrected chi connectivity index (χ1v) is 5.57. The zero-order valence-corrected chi connectivity index (χ0v) is 9.88. The molecule has 0 saturated carbocycles. The van der Waals surface area contributed by atoms with E-state index in [2.05, 4.69) is 0 Å². The van der Waals surface area contributed by atoms with Crippen LogP contribution in [0.25, 0.3) is 0 Å². The Morgan fingerprint density at radius 2 is 1.87 bits per heavy atom. The third-order valence-electron chi connectivity index (χ3n) is 3.07. The molecule has 1 aliphatic heterocycles. The maximum absolute atomic E-state index is 9.82. The highest BCUT2D eigenvalue weighted by Gasteiger charge is 2.40. The molecule has 0 unspecified atom stereocenters. The first-order chi connectivity index (χ1) is 6.97. The summed E-state index contributed by atoms with van der Waals surface area (Å²) >= 11 is 0. The standard InChI is InChI=1S/C11H22O4/c1-6(2)14-11-8(4)7(3)10(13)9(5-12)15-11/h6-13H,5H2,1-4H3/t7-,8-,9+,10-,11-/m0/s1. The Hall–Kier alpha value is -0.160. The van der Waals surface area contributed by atoms with Crippen LogP contribution >= 0.6 is 0 Å². The molecule has 2 N–H and O–H groups in total. The monoisotopic (exact) mass is 218 g/mol. The molecule has 0 spiro atoms. The van der Waals surface area contributed by atoms with E-state index in [9.17, 15) is 5.11 Å². The van der Waals surface area contributed by atoms with E-state index in [4.69, 9.17) is 14.6 Å². The van der Waals surface area contributed by atoms with Gasteiger partial charge in [0.25, 0.3) is 0 Å². The Labute approximate surface area is 91.2 Å². The van der Waals surface area contributed by atoms with Crippen molar-refractivity contribution in [2.24, 2.45) is 11.8 Å². The molecular weight excluding hydrogens is 196 g/mol. The summed E-state index contributed by atoms with van der Waals surface area (Å²) < 4.78 is 11.1. The molecule has 1 rings (SSSR count). The van der Waals surface area contributed by atoms with E-state index < -0.39 is 12.2 Å². The third-order valence-corrected chi connectivity index (χ3v) is 3.07. The number of rotatable bonds is 3. The maximum atomic E-state index is 9.82. The van der Waals surface area contributed by atoms with E-state index in [1.165, 1.54) is 0 Å². The highest BCUT2D eigenvalue weighted by Crippen LogP contribution is 2.31. The van der Waals surface area contributed by atoms with Crippen molar-refractivity contribution < 1.29 is 19.7 Å². The largest absolute Gasteiger partial charge is 0.394 e. The first kappa shape index (κ1) is 12.9. The summed E-state index contributed by atoms with van der Waals surface area (Å²) in [4.78, 5) is 0. The molecule has 15 heavy (non-hydrogen) atoms. The average molecular weight is 218 g/mol. The van der Waals surface area contributed by atoms with Gasteiger partial charge in [-0.3, -0.25) is 0 Å². The molecule has 0 radical (unpaired) electrons. The molecule has 0 aromatic rings. The normalized spacial score (nSPS) is 42.2. The Kier molecular flexibility index (Phi) is 4.52. The lowest BCUT2D eigenvalue weighted by Crippen LogP contribution is -2.51. The van der Waals surface area contributed by atoms with Crippen molar-refractivity contribution >= 4 is 0 Å². The number of hydrogen-bond donors (Lipinski definition) is 2. The van der Waals surface area contributed by atoms with Gasteiger partial charge in [0.1, 0.15) is 6.10 Å². The SMILES string of the molecule is CC(C)O[C@H]1O[C@H](CO)[C@@H](O)[C@@H](C)[C@@H]1C. The fourth-order valence-corrected chi connectivity index (χ4v) is 1.85. The Morgan fingerprint density at radius 3 is 2.33 bits per heavy atom. The van der Waals surface area contributed by atoms with Crippen molar-refractivity contribution in [2.75, 3.05) is 6.61 Å². The summed E-state index contributed by atoms with van der Waals surface area (Å²) in [5, 5.41) is 18.9.